The van der Waals surface area contributed by atoms with E-state index < -0.39 is 32.3 Å². The normalized spacial score (nSPS) is 8.31. The zero-order valence-electron chi connectivity index (χ0n) is 62.3. The van der Waals surface area contributed by atoms with E-state index in [2.05, 4.69) is 308 Å². The van der Waals surface area contributed by atoms with Crippen molar-refractivity contribution >= 4 is 167 Å². The summed E-state index contributed by atoms with van der Waals surface area (Å²) in [6.07, 6.45) is 0. The van der Waals surface area contributed by atoms with Gasteiger partial charge in [0.25, 0.3) is 0 Å². The number of rotatable bonds is 16. The van der Waals surface area contributed by atoms with Crippen molar-refractivity contribution in [1.29, 1.82) is 0 Å². The molecule has 12 aromatic rings. The summed E-state index contributed by atoms with van der Waals surface area (Å²) in [7, 11) is -3.41. The number of aryl methyl sites for hydroxylation is 2. The van der Waals surface area contributed by atoms with Gasteiger partial charge in [-0.2, -0.15) is 41.5 Å². The van der Waals surface area contributed by atoms with Crippen LogP contribution in [0.25, 0.3) is 10.2 Å². The molecule has 10 aromatic carbocycles. The average Bonchev–Trinajstić information content (AvgIpc) is 0.833. The maximum absolute atomic E-state index is 5.13. The Bertz CT molecular complexity index is 3140. The summed E-state index contributed by atoms with van der Waals surface area (Å²) in [4.78, 5) is 9.82. The molecule has 0 saturated carbocycles. The Kier molecular flexibility index (Phi) is 105. The van der Waals surface area contributed by atoms with E-state index in [1.165, 1.54) is 53.6 Å². The smallest absolute Gasteiger partial charge is 1.00 e. The van der Waals surface area contributed by atoms with Crippen LogP contribution in [0, 0.1) is 55.4 Å². The molecule has 0 aliphatic carbocycles. The number of benzene rings is 10. The minimum absolute atomic E-state index is 0. The van der Waals surface area contributed by atoms with E-state index in [9.17, 15) is 0 Å². The van der Waals surface area contributed by atoms with Gasteiger partial charge in [0.15, 0.2) is 0 Å². The Labute approximate surface area is 771 Å². The predicted octanol–water partition coefficient (Wildman–Crippen LogP) is -3.27. The molecule has 0 radical (unpaired) electrons. The van der Waals surface area contributed by atoms with Gasteiger partial charge in [0.05, 0.1) is 16.1 Å². The molecule has 6 nitrogen and oxygen atoms in total. The van der Waals surface area contributed by atoms with E-state index in [0.29, 0.717) is 0 Å². The molecule has 2 N–H and O–H groups in total. The van der Waals surface area contributed by atoms with E-state index in [1.54, 1.807) is 41.5 Å². The van der Waals surface area contributed by atoms with Crippen LogP contribution in [-0.4, -0.2) is 79.4 Å². The quantitative estimate of drug-likeness (QED) is 0.0606. The van der Waals surface area contributed by atoms with Gasteiger partial charge in [-0.1, -0.05) is 350 Å². The van der Waals surface area contributed by atoms with Crippen LogP contribution >= 0.6 is 32.3 Å². The second kappa shape index (κ2) is 86.3. The summed E-state index contributed by atoms with van der Waals surface area (Å²) in [5.41, 5.74) is 2.64. The van der Waals surface area contributed by atoms with Crippen LogP contribution in [0.2, 0.25) is 0 Å². The number of hydrogen-bond donors (Lipinski definition) is 2. The molecule has 0 aliphatic rings. The standard InChI is InChI=1S/2C29H24N3P2.2C7H8.6C2H5.4Al.8ClH.2Cr/c2*1-5-14-24(15-6-1)33(25-16-7-2-8-17-25)31-28-22-13-23-29(30-28)32-34(26-18-9-3-10-19-26)27-20-11-4-12-21-27;2*1-7-5-3-2-4-6-7;6*1-2;;;;;;;;;;;;;;/h2*1-23H,(H-,30,31,32);2*2-6H,1H3;6*1H2,2H3;;;;;8*1H;;/q2*-1;;;6*-1;4*+3;;;;;;;;;2*+2/p-8. The maximum atomic E-state index is 5.13. The first-order valence-electron chi connectivity index (χ1n) is 31.3. The number of halogens is 8. The number of pyridine rings is 2. The predicted molar refractivity (Wildman–Crippen MR) is 450 cm³/mol. The number of aromatic nitrogens is 2. The Morgan fingerprint density at radius 3 is 0.537 bits per heavy atom. The zero-order chi connectivity index (χ0) is 68.2. The van der Waals surface area contributed by atoms with Crippen molar-refractivity contribution in [3.05, 3.63) is 403 Å². The molecular formula is C84H94Al4Cl8Cr2N6P4. The summed E-state index contributed by atoms with van der Waals surface area (Å²) < 4.78 is 0. The van der Waals surface area contributed by atoms with Crippen molar-refractivity contribution in [1.82, 2.24) is 9.97 Å². The van der Waals surface area contributed by atoms with Gasteiger partial charge in [0.2, 0.25) is 0 Å². The van der Waals surface area contributed by atoms with E-state index >= 15 is 0 Å². The van der Waals surface area contributed by atoms with E-state index in [1.807, 2.05) is 97.1 Å². The molecule has 0 bridgehead atoms. The van der Waals surface area contributed by atoms with Crippen molar-refractivity contribution in [2.24, 2.45) is 0 Å². The van der Waals surface area contributed by atoms with Gasteiger partial charge in [-0.15, -0.1) is 0 Å². The van der Waals surface area contributed by atoms with Crippen molar-refractivity contribution in [3.63, 3.8) is 0 Å². The van der Waals surface area contributed by atoms with Crippen molar-refractivity contribution in [3.8, 4) is 0 Å². The third kappa shape index (κ3) is 50.9. The molecule has 0 atom stereocenters. The molecule has 108 heavy (non-hydrogen) atoms. The number of nitrogens with zero attached hydrogens (tertiary/aromatic N) is 4. The number of hydrogen-bond acceptors (Lipinski definition) is 4. The first-order valence-corrected chi connectivity index (χ1v) is 36.6. The van der Waals surface area contributed by atoms with E-state index in [-0.39, 0.29) is 203 Å². The third-order valence-electron chi connectivity index (χ3n) is 12.3. The van der Waals surface area contributed by atoms with Gasteiger partial charge in [-0.05, 0) is 63.3 Å². The SMILES string of the molecule is Cc1ccccc1.Cc1ccccc1.[Al+3].[Al+3].[Al+3].[Al+3].[CH2-]C.[CH2-]C.[CH2-]C.[CH2-]C.[CH2-]C.[CH2-]C.[Cl-].[Cl-].[Cl-].[Cl-].[Cl-].[Cl-].[Cl-].[Cl-].[Cr+2].[Cr+2].c1ccc(P([N-]c2cccc(NP(c3ccccc3)c3ccccc3)n2)c2ccccc2)cc1.c1ccc(P([N-]c2cccc(NP(c3ccccc3)c3ccccc3)n2)c2ccccc2)cc1. The third-order valence-corrected chi connectivity index (χ3v) is 20.4. The van der Waals surface area contributed by atoms with Gasteiger partial charge >= 0.3 is 104 Å². The van der Waals surface area contributed by atoms with Crippen LogP contribution in [0.15, 0.2) is 340 Å². The van der Waals surface area contributed by atoms with Crippen LogP contribution in [0.1, 0.15) is 52.7 Å². The van der Waals surface area contributed by atoms with Gasteiger partial charge in [-0.3, -0.25) is 0 Å². The number of nitrogens with one attached hydrogen (secondary N) is 2. The molecule has 0 saturated heterocycles. The number of anilines is 2. The molecule has 2 aromatic heterocycles. The Hall–Kier alpha value is -3.07. The minimum atomic E-state index is -0.908. The van der Waals surface area contributed by atoms with E-state index in [0.717, 1.165) is 23.3 Å². The first-order chi connectivity index (χ1) is 46.5. The topological polar surface area (TPSA) is 78.0 Å². The summed E-state index contributed by atoms with van der Waals surface area (Å²) in [5, 5.41) is 27.5. The molecular weight excluding hydrogens is 1710 g/mol. The van der Waals surface area contributed by atoms with Crippen LogP contribution in [0.5, 0.6) is 0 Å². The Morgan fingerprint density at radius 2 is 0.380 bits per heavy atom. The second-order valence-corrected chi connectivity index (χ2v) is 26.0. The van der Waals surface area contributed by atoms with Crippen molar-refractivity contribution in [2.45, 2.75) is 55.4 Å². The molecule has 0 spiro atoms. The fourth-order valence-electron chi connectivity index (χ4n) is 8.26. The average molecular weight is 1810 g/mol. The summed E-state index contributed by atoms with van der Waals surface area (Å²) in [6.45, 7) is 34.2. The zero-order valence-corrected chi connectivity index (χ0v) is 79.1. The van der Waals surface area contributed by atoms with Gasteiger partial charge < -0.3 is 171 Å². The Balaban J connectivity index is -0.000000117. The monoisotopic (exact) mass is 1800 g/mol. The first kappa shape index (κ1) is 131. The van der Waals surface area contributed by atoms with Crippen LogP contribution in [0.3, 0.4) is 0 Å². The molecule has 0 amide bonds. The minimum Gasteiger partial charge on any atom is -1.00 e. The molecule has 0 fully saturated rings. The largest absolute Gasteiger partial charge is 3.00 e. The van der Waals surface area contributed by atoms with Gasteiger partial charge in [0, 0.05) is 32.9 Å². The second-order valence-electron chi connectivity index (χ2n) is 18.5. The van der Waals surface area contributed by atoms with E-state index in [4.69, 9.17) is 20.1 Å². The molecule has 12 rings (SSSR count). The maximum Gasteiger partial charge on any atom is 3.00 e. The van der Waals surface area contributed by atoms with Gasteiger partial charge in [-0.25, -0.2) is 0 Å². The fourth-order valence-corrected chi connectivity index (χ4v) is 15.5. The van der Waals surface area contributed by atoms with Gasteiger partial charge in [0.1, 0.15) is 0 Å². The fraction of sp³-hybridized carbons (Fsp3) is 0.0952. The Morgan fingerprint density at radius 1 is 0.222 bits per heavy atom. The summed E-state index contributed by atoms with van der Waals surface area (Å²) >= 11 is 0. The molecule has 2 heterocycles. The summed E-state index contributed by atoms with van der Waals surface area (Å²) in [5.74, 6) is 3.13. The van der Waals surface area contributed by atoms with Crippen LogP contribution in [0.4, 0.5) is 23.3 Å². The van der Waals surface area contributed by atoms with Crippen LogP contribution in [-0.2, 0) is 34.7 Å². The summed E-state index contributed by atoms with van der Waals surface area (Å²) in [6, 6.07) is 117. The molecule has 24 heteroatoms. The molecule has 0 aliphatic heterocycles. The van der Waals surface area contributed by atoms with Crippen LogP contribution < -0.4 is 152 Å². The molecule has 560 valence electrons. The molecule has 0 unspecified atom stereocenters. The van der Waals surface area contributed by atoms with Crippen molar-refractivity contribution in [2.75, 3.05) is 10.2 Å². The van der Waals surface area contributed by atoms with Crippen molar-refractivity contribution < 1.29 is 134 Å².